The Balaban J connectivity index is 0.00000161. The van der Waals surface area contributed by atoms with Gasteiger partial charge in [0.1, 0.15) is 11.5 Å². The summed E-state index contributed by atoms with van der Waals surface area (Å²) in [6, 6.07) is 8.46. The minimum absolute atomic E-state index is 0. The van der Waals surface area contributed by atoms with Gasteiger partial charge in [0.2, 0.25) is 6.41 Å². The Bertz CT molecular complexity index is 680. The quantitative estimate of drug-likeness (QED) is 0.805. The third-order valence-electron chi connectivity index (χ3n) is 3.63. The number of carbonyl (C=O) groups is 1. The van der Waals surface area contributed by atoms with Gasteiger partial charge in [0.15, 0.2) is 0 Å². The maximum Gasteiger partial charge on any atom is 1.00 e. The van der Waals surface area contributed by atoms with Crippen LogP contribution in [-0.2, 0) is 23.3 Å². The van der Waals surface area contributed by atoms with Crippen molar-refractivity contribution in [2.24, 2.45) is 0 Å². The van der Waals surface area contributed by atoms with Gasteiger partial charge in [-0.25, -0.2) is 9.37 Å². The first-order valence-corrected chi connectivity index (χ1v) is 6.30. The molecule has 1 atom stereocenters. The van der Waals surface area contributed by atoms with E-state index in [2.05, 4.69) is 10.3 Å². The molecule has 21 heavy (non-hydrogen) atoms. The maximum atomic E-state index is 15.3. The largest absolute Gasteiger partial charge is 1.00 e. The van der Waals surface area contributed by atoms with E-state index < -0.39 is 5.67 Å². The average molecular weight is 356 g/mol. The van der Waals surface area contributed by atoms with Crippen molar-refractivity contribution in [1.29, 1.82) is 0 Å². The van der Waals surface area contributed by atoms with Gasteiger partial charge in [-0.05, 0) is 17.2 Å². The zero-order valence-electron chi connectivity index (χ0n) is 11.7. The fourth-order valence-electron chi connectivity index (χ4n) is 2.76. The van der Waals surface area contributed by atoms with E-state index in [1.807, 2.05) is 0 Å². The van der Waals surface area contributed by atoms with E-state index in [1.165, 1.54) is 6.20 Å². The first kappa shape index (κ1) is 16.7. The summed E-state index contributed by atoms with van der Waals surface area (Å²) >= 11 is 0. The number of alkyl halides is 1. The first-order valence-electron chi connectivity index (χ1n) is 6.30. The van der Waals surface area contributed by atoms with Crippen molar-refractivity contribution >= 4 is 17.9 Å². The van der Waals surface area contributed by atoms with Crippen molar-refractivity contribution in [2.75, 3.05) is 5.32 Å². The fraction of sp³-hybridized carbons (Fsp3) is 0.200. The topological polar surface area (TPSA) is 65.8 Å². The minimum atomic E-state index is -1.59. The molecular weight excluding hydrogens is 343 g/mol. The minimum Gasteiger partial charge on any atom is -0.699 e. The molecule has 1 aliphatic rings. The molecule has 0 radical (unpaired) electrons. The van der Waals surface area contributed by atoms with E-state index in [4.69, 9.17) is 5.73 Å². The summed E-state index contributed by atoms with van der Waals surface area (Å²) in [7, 11) is 0. The molecular formula is C15H13FN3ORb. The van der Waals surface area contributed by atoms with Crippen LogP contribution in [0, 0.1) is 0 Å². The van der Waals surface area contributed by atoms with Gasteiger partial charge in [-0.15, -0.1) is 5.69 Å². The molecule has 1 amide bonds. The van der Waals surface area contributed by atoms with E-state index >= 15 is 4.39 Å². The summed E-state index contributed by atoms with van der Waals surface area (Å²) in [6.07, 6.45) is 2.46. The van der Waals surface area contributed by atoms with Crippen molar-refractivity contribution in [1.82, 2.24) is 4.98 Å². The number of nitrogens with zero attached hydrogens (tertiary/aromatic N) is 1. The smallest absolute Gasteiger partial charge is 0.699 e. The summed E-state index contributed by atoms with van der Waals surface area (Å²) in [5.41, 5.74) is 8.54. The Morgan fingerprint density at radius 3 is 2.81 bits per heavy atom. The molecule has 1 aromatic carbocycles. The molecule has 2 N–H and O–H groups in total. The molecule has 0 saturated heterocycles. The van der Waals surface area contributed by atoms with Crippen molar-refractivity contribution in [3.8, 4) is 0 Å². The van der Waals surface area contributed by atoms with Crippen molar-refractivity contribution < 1.29 is 67.4 Å². The third-order valence-corrected chi connectivity index (χ3v) is 3.63. The molecule has 102 valence electrons. The number of pyridine rings is 1. The molecule has 1 aromatic heterocycles. The number of halogens is 1. The first-order chi connectivity index (χ1) is 9.62. The Labute approximate surface area is 171 Å². The van der Waals surface area contributed by atoms with Crippen molar-refractivity contribution in [2.45, 2.75) is 18.5 Å². The molecule has 1 aliphatic carbocycles. The predicted molar refractivity (Wildman–Crippen MR) is 74.5 cm³/mol. The van der Waals surface area contributed by atoms with Gasteiger partial charge >= 0.3 is 58.2 Å². The van der Waals surface area contributed by atoms with Gasteiger partial charge < -0.3 is 11.1 Å². The molecule has 1 heterocycles. The van der Waals surface area contributed by atoms with Crippen LogP contribution in [0.3, 0.4) is 0 Å². The van der Waals surface area contributed by atoms with Gasteiger partial charge in [-0.2, -0.15) is 0 Å². The van der Waals surface area contributed by atoms with Crippen LogP contribution in [0.25, 0.3) is 5.73 Å². The van der Waals surface area contributed by atoms with Gasteiger partial charge in [-0.3, -0.25) is 4.79 Å². The van der Waals surface area contributed by atoms with Crippen molar-refractivity contribution in [3.05, 3.63) is 59.0 Å². The number of amides is 1. The molecule has 0 fully saturated rings. The van der Waals surface area contributed by atoms with E-state index in [0.717, 1.165) is 11.1 Å². The number of nitrogens with one attached hydrogen (secondary N) is 2. The van der Waals surface area contributed by atoms with Gasteiger partial charge in [0.25, 0.3) is 0 Å². The third kappa shape index (κ3) is 3.26. The second-order valence-electron chi connectivity index (χ2n) is 4.96. The molecule has 0 aliphatic heterocycles. The molecule has 2 aromatic rings. The number of carbonyl (C=O) groups excluding carboxylic acids is 1. The van der Waals surface area contributed by atoms with Crippen LogP contribution in [-0.4, -0.2) is 11.4 Å². The Kier molecular flexibility index (Phi) is 5.30. The second-order valence-corrected chi connectivity index (χ2v) is 4.96. The predicted octanol–water partition coefficient (Wildman–Crippen LogP) is 0.301. The summed E-state index contributed by atoms with van der Waals surface area (Å²) in [6.45, 7) is 0. The summed E-state index contributed by atoms with van der Waals surface area (Å²) in [4.78, 5) is 14.6. The Morgan fingerprint density at radius 1 is 1.29 bits per heavy atom. The summed E-state index contributed by atoms with van der Waals surface area (Å²) < 4.78 is 15.3. The van der Waals surface area contributed by atoms with E-state index in [0.29, 0.717) is 17.7 Å². The van der Waals surface area contributed by atoms with Crippen LogP contribution in [0.15, 0.2) is 36.5 Å². The zero-order valence-corrected chi connectivity index (χ0v) is 16.6. The van der Waals surface area contributed by atoms with E-state index in [-0.39, 0.29) is 76.8 Å². The molecule has 1 unspecified atom stereocenters. The van der Waals surface area contributed by atoms with Crippen LogP contribution in [0.4, 0.5) is 15.9 Å². The van der Waals surface area contributed by atoms with E-state index in [9.17, 15) is 4.79 Å². The van der Waals surface area contributed by atoms with Crippen LogP contribution >= 0.6 is 0 Å². The SMILES string of the molecule is [NH-]c1ccc2c(c1)CC(F)(c1cccnc1NC=O)C2.[Rb+]. The van der Waals surface area contributed by atoms with Crippen LogP contribution < -0.4 is 63.5 Å². The monoisotopic (exact) mass is 355 g/mol. The molecule has 6 heteroatoms. The molecule has 0 saturated carbocycles. The number of anilines is 1. The summed E-state index contributed by atoms with van der Waals surface area (Å²) in [5, 5.41) is 2.45. The number of hydrogen-bond acceptors (Lipinski definition) is 2. The van der Waals surface area contributed by atoms with E-state index in [1.54, 1.807) is 30.3 Å². The average Bonchev–Trinajstić information content (AvgIpc) is 2.76. The normalized spacial score (nSPS) is 19.5. The van der Waals surface area contributed by atoms with Gasteiger partial charge in [0.05, 0.1) is 0 Å². The van der Waals surface area contributed by atoms with Crippen LogP contribution in [0.1, 0.15) is 16.7 Å². The van der Waals surface area contributed by atoms with Crippen molar-refractivity contribution in [3.63, 3.8) is 0 Å². The number of aromatic nitrogens is 1. The second kappa shape index (κ2) is 6.65. The van der Waals surface area contributed by atoms with Gasteiger partial charge in [-0.1, -0.05) is 24.3 Å². The van der Waals surface area contributed by atoms with Crippen LogP contribution in [0.5, 0.6) is 0 Å². The Hall–Kier alpha value is -0.625. The standard InChI is InChI=1S/C15H13FN3O.Rb/c16-15(13-2-1-5-18-14(13)19-9-20)7-10-3-4-12(17)6-11(10)8-15;/h1-6,9,17H,7-8H2,(H,18,19,20);/q-1;+1. The van der Waals surface area contributed by atoms with Gasteiger partial charge in [0, 0.05) is 24.6 Å². The number of benzene rings is 1. The molecule has 4 nitrogen and oxygen atoms in total. The number of hydrogen-bond donors (Lipinski definition) is 1. The number of fused-ring (bicyclic) bond motifs is 1. The maximum absolute atomic E-state index is 15.3. The number of rotatable bonds is 3. The fourth-order valence-corrected chi connectivity index (χ4v) is 2.76. The van der Waals surface area contributed by atoms with Crippen LogP contribution in [0.2, 0.25) is 0 Å². The Morgan fingerprint density at radius 2 is 2.05 bits per heavy atom. The molecule has 0 bridgehead atoms. The zero-order chi connectivity index (χ0) is 14.2. The summed E-state index contributed by atoms with van der Waals surface area (Å²) in [5.74, 6) is 0.254. The molecule has 0 spiro atoms. The molecule has 3 rings (SSSR count).